The summed E-state index contributed by atoms with van der Waals surface area (Å²) in [6, 6.07) is 3.22. The van der Waals surface area contributed by atoms with E-state index >= 15 is 0 Å². The van der Waals surface area contributed by atoms with Crippen LogP contribution in [0, 0.1) is 5.82 Å². The Morgan fingerprint density at radius 2 is 2.14 bits per heavy atom. The van der Waals surface area contributed by atoms with Crippen molar-refractivity contribution < 1.29 is 9.13 Å². The number of halogens is 1. The van der Waals surface area contributed by atoms with Gasteiger partial charge in [-0.1, -0.05) is 6.08 Å². The second kappa shape index (κ2) is 6.98. The summed E-state index contributed by atoms with van der Waals surface area (Å²) in [6.07, 6.45) is 8.75. The lowest BCUT2D eigenvalue weighted by atomic mass is 9.99. The number of rotatable bonds is 4. The molecule has 0 fully saturated rings. The number of nitrogens with zero attached hydrogens (tertiary/aromatic N) is 5. The second-order valence-electron chi connectivity index (χ2n) is 7.46. The predicted molar refractivity (Wildman–Crippen MR) is 104 cm³/mol. The Morgan fingerprint density at radius 3 is 3.00 bits per heavy atom. The van der Waals surface area contributed by atoms with Crippen molar-refractivity contribution in [3.63, 3.8) is 0 Å². The molecule has 2 aromatic heterocycles. The summed E-state index contributed by atoms with van der Waals surface area (Å²) < 4.78 is 21.9. The number of ether oxygens (including phenoxy) is 1. The summed E-state index contributed by atoms with van der Waals surface area (Å²) in [4.78, 5) is 6.97. The van der Waals surface area contributed by atoms with Crippen LogP contribution in [0.4, 0.5) is 4.39 Å². The molecule has 0 saturated heterocycles. The zero-order chi connectivity index (χ0) is 19.1. The average molecular weight is 379 g/mol. The largest absolute Gasteiger partial charge is 0.493 e. The van der Waals surface area contributed by atoms with Crippen LogP contribution in [0.3, 0.4) is 0 Å². The third-order valence-corrected chi connectivity index (χ3v) is 5.71. The first-order valence-corrected chi connectivity index (χ1v) is 9.69. The molecule has 0 saturated carbocycles. The molecule has 2 aliphatic heterocycles. The molecule has 0 aliphatic carbocycles. The van der Waals surface area contributed by atoms with E-state index in [0.29, 0.717) is 19.4 Å². The van der Waals surface area contributed by atoms with Gasteiger partial charge in [0.2, 0.25) is 0 Å². The van der Waals surface area contributed by atoms with Gasteiger partial charge in [0, 0.05) is 43.3 Å². The molecule has 0 amide bonds. The van der Waals surface area contributed by atoms with E-state index in [1.807, 2.05) is 10.6 Å². The topological polar surface area (TPSA) is 55.6 Å². The van der Waals surface area contributed by atoms with Crippen molar-refractivity contribution in [3.8, 4) is 5.75 Å². The molecule has 0 spiro atoms. The van der Waals surface area contributed by atoms with Gasteiger partial charge in [-0.25, -0.2) is 9.37 Å². The maximum Gasteiger partial charge on any atom is 0.171 e. The molecule has 0 bridgehead atoms. The molecule has 4 heterocycles. The van der Waals surface area contributed by atoms with Crippen LogP contribution in [-0.4, -0.2) is 51.2 Å². The standard InChI is InChI=1S/C21H22FN5O/c1-26-9-6-14(7-10-26)17-12-23-20(27-13-24-25-21(17)27)5-2-15-16-8-11-28-19(16)4-3-18(15)22/h3-4,6,12-13H,2,5,7-11H2,1H3. The maximum absolute atomic E-state index is 14.4. The molecule has 0 unspecified atom stereocenters. The van der Waals surface area contributed by atoms with E-state index in [1.165, 1.54) is 11.6 Å². The summed E-state index contributed by atoms with van der Waals surface area (Å²) >= 11 is 0. The van der Waals surface area contributed by atoms with Crippen LogP contribution < -0.4 is 4.74 Å². The third-order valence-electron chi connectivity index (χ3n) is 5.71. The van der Waals surface area contributed by atoms with Crippen LogP contribution in [-0.2, 0) is 19.3 Å². The Hall–Kier alpha value is -2.80. The van der Waals surface area contributed by atoms with Crippen molar-refractivity contribution in [2.45, 2.75) is 25.7 Å². The van der Waals surface area contributed by atoms with E-state index in [1.54, 1.807) is 12.4 Å². The zero-order valence-electron chi connectivity index (χ0n) is 15.9. The van der Waals surface area contributed by atoms with Crippen molar-refractivity contribution in [1.29, 1.82) is 0 Å². The number of aromatic nitrogens is 4. The molecule has 6 nitrogen and oxygen atoms in total. The molecule has 7 heteroatoms. The average Bonchev–Trinajstić information content (AvgIpc) is 3.37. The molecule has 0 atom stereocenters. The third kappa shape index (κ3) is 2.96. The van der Waals surface area contributed by atoms with Crippen LogP contribution in [0.2, 0.25) is 0 Å². The molecular weight excluding hydrogens is 357 g/mol. The smallest absolute Gasteiger partial charge is 0.171 e. The van der Waals surface area contributed by atoms with Crippen molar-refractivity contribution in [3.05, 3.63) is 59.1 Å². The van der Waals surface area contributed by atoms with E-state index in [2.05, 4.69) is 33.2 Å². The number of benzene rings is 1. The second-order valence-corrected chi connectivity index (χ2v) is 7.46. The van der Waals surface area contributed by atoms with Crippen LogP contribution in [0.5, 0.6) is 5.75 Å². The van der Waals surface area contributed by atoms with Crippen LogP contribution in [0.25, 0.3) is 11.2 Å². The van der Waals surface area contributed by atoms with Gasteiger partial charge in [-0.3, -0.25) is 4.40 Å². The van der Waals surface area contributed by atoms with Crippen LogP contribution in [0.1, 0.15) is 28.9 Å². The zero-order valence-corrected chi connectivity index (χ0v) is 15.9. The molecule has 3 aromatic rings. The van der Waals surface area contributed by atoms with Gasteiger partial charge in [-0.15, -0.1) is 10.2 Å². The van der Waals surface area contributed by atoms with Gasteiger partial charge in [0.25, 0.3) is 0 Å². The number of fused-ring (bicyclic) bond motifs is 2. The highest BCUT2D eigenvalue weighted by Gasteiger charge is 2.21. The number of hydrogen-bond acceptors (Lipinski definition) is 5. The summed E-state index contributed by atoms with van der Waals surface area (Å²) in [5, 5.41) is 8.43. The van der Waals surface area contributed by atoms with E-state index in [0.717, 1.165) is 59.8 Å². The molecule has 0 radical (unpaired) electrons. The monoisotopic (exact) mass is 379 g/mol. The summed E-state index contributed by atoms with van der Waals surface area (Å²) in [5.41, 5.74) is 4.85. The number of likely N-dealkylation sites (N-methyl/N-ethyl adjacent to an activating group) is 1. The number of hydrogen-bond donors (Lipinski definition) is 0. The van der Waals surface area contributed by atoms with Gasteiger partial charge >= 0.3 is 0 Å². The fraction of sp³-hybridized carbons (Fsp3) is 0.381. The molecular formula is C21H22FN5O. The normalized spacial score (nSPS) is 16.9. The van der Waals surface area contributed by atoms with Gasteiger partial charge in [0.15, 0.2) is 5.65 Å². The molecule has 28 heavy (non-hydrogen) atoms. The molecule has 5 rings (SSSR count). The Kier molecular flexibility index (Phi) is 4.31. The van der Waals surface area contributed by atoms with Gasteiger partial charge in [0.05, 0.1) is 6.61 Å². The van der Waals surface area contributed by atoms with E-state index < -0.39 is 0 Å². The Bertz CT molecular complexity index is 1070. The van der Waals surface area contributed by atoms with Gasteiger partial charge in [-0.05, 0) is 43.2 Å². The van der Waals surface area contributed by atoms with Crippen molar-refractivity contribution in [2.75, 3.05) is 26.7 Å². The number of aryl methyl sites for hydroxylation is 1. The first kappa shape index (κ1) is 17.3. The van der Waals surface area contributed by atoms with E-state index in [9.17, 15) is 4.39 Å². The lowest BCUT2D eigenvalue weighted by molar-refractivity contribution is 0.356. The minimum atomic E-state index is -0.169. The highest BCUT2D eigenvalue weighted by Crippen LogP contribution is 2.31. The highest BCUT2D eigenvalue weighted by atomic mass is 19.1. The molecule has 0 N–H and O–H groups in total. The first-order chi connectivity index (χ1) is 13.7. The Labute approximate surface area is 162 Å². The van der Waals surface area contributed by atoms with E-state index in [4.69, 9.17) is 4.74 Å². The Morgan fingerprint density at radius 1 is 1.21 bits per heavy atom. The fourth-order valence-electron chi connectivity index (χ4n) is 4.12. The van der Waals surface area contributed by atoms with E-state index in [-0.39, 0.29) is 5.82 Å². The van der Waals surface area contributed by atoms with Crippen molar-refractivity contribution >= 4 is 11.2 Å². The first-order valence-electron chi connectivity index (χ1n) is 9.69. The SMILES string of the molecule is CN1CC=C(c2cnc(CCc3c(F)ccc4c3CCO4)n3cnnc23)CC1. The Balaban J connectivity index is 1.45. The fourth-order valence-corrected chi connectivity index (χ4v) is 4.12. The quantitative estimate of drug-likeness (QED) is 0.698. The lowest BCUT2D eigenvalue weighted by Crippen LogP contribution is -2.24. The van der Waals surface area contributed by atoms with Crippen LogP contribution in [0.15, 0.2) is 30.7 Å². The van der Waals surface area contributed by atoms with Crippen molar-refractivity contribution in [2.24, 2.45) is 0 Å². The minimum absolute atomic E-state index is 0.169. The minimum Gasteiger partial charge on any atom is -0.493 e. The molecule has 144 valence electrons. The van der Waals surface area contributed by atoms with Gasteiger partial charge in [0.1, 0.15) is 23.7 Å². The predicted octanol–water partition coefficient (Wildman–Crippen LogP) is 2.70. The highest BCUT2D eigenvalue weighted by molar-refractivity contribution is 5.75. The van der Waals surface area contributed by atoms with Crippen molar-refractivity contribution in [1.82, 2.24) is 24.5 Å². The van der Waals surface area contributed by atoms with Crippen LogP contribution >= 0.6 is 0 Å². The maximum atomic E-state index is 14.4. The van der Waals surface area contributed by atoms with Gasteiger partial charge < -0.3 is 9.64 Å². The molecule has 1 aromatic carbocycles. The lowest BCUT2D eigenvalue weighted by Gasteiger charge is -2.22. The summed E-state index contributed by atoms with van der Waals surface area (Å²) in [6.45, 7) is 2.57. The summed E-state index contributed by atoms with van der Waals surface area (Å²) in [5.74, 6) is 1.48. The summed E-state index contributed by atoms with van der Waals surface area (Å²) in [7, 11) is 2.12. The molecule has 2 aliphatic rings. The van der Waals surface area contributed by atoms with Gasteiger partial charge in [-0.2, -0.15) is 0 Å².